The zero-order valence-electron chi connectivity index (χ0n) is 26.4. The number of amides is 2. The normalized spacial score (nSPS) is 12.7. The minimum Gasteiger partial charge on any atom is -0.480 e. The number of carboxylic acid groups (broad SMARTS) is 1. The van der Waals surface area contributed by atoms with Crippen LogP contribution in [0.3, 0.4) is 0 Å². The van der Waals surface area contributed by atoms with Gasteiger partial charge in [0.25, 0.3) is 0 Å². The van der Waals surface area contributed by atoms with Gasteiger partial charge < -0.3 is 24.6 Å². The molecule has 0 aliphatic carbocycles. The highest BCUT2D eigenvalue weighted by molar-refractivity contribution is 5.80. The second-order valence-electron chi connectivity index (χ2n) is 12.3. The molecule has 0 aliphatic heterocycles. The molecule has 2 atom stereocenters. The Kier molecular flexibility index (Phi) is 10.9. The van der Waals surface area contributed by atoms with E-state index in [4.69, 9.17) is 4.74 Å². The van der Waals surface area contributed by atoms with Crippen molar-refractivity contribution in [3.8, 4) is 11.1 Å². The van der Waals surface area contributed by atoms with E-state index in [1.807, 2.05) is 61.7 Å². The van der Waals surface area contributed by atoms with Crippen molar-refractivity contribution in [2.75, 3.05) is 6.54 Å². The molecule has 0 saturated heterocycles. The van der Waals surface area contributed by atoms with Crippen LogP contribution in [-0.2, 0) is 27.5 Å². The SMILES string of the molecule is CC(=O)N(CC[C@H](NC(=O)OCc1ccccc1)C(=O)O)[C@@H](c1cc(-c2cc(F)ccc2F)cn1Cc1ccccc1)C(C)(C)C. The summed E-state index contributed by atoms with van der Waals surface area (Å²) < 4.78 is 36.3. The number of hydrogen-bond donors (Lipinski definition) is 2. The topological polar surface area (TPSA) is 101 Å². The van der Waals surface area contributed by atoms with Crippen molar-refractivity contribution in [2.45, 2.75) is 59.4 Å². The van der Waals surface area contributed by atoms with E-state index >= 15 is 0 Å². The van der Waals surface area contributed by atoms with Gasteiger partial charge in [0, 0.05) is 43.0 Å². The highest BCUT2D eigenvalue weighted by Gasteiger charge is 2.37. The summed E-state index contributed by atoms with van der Waals surface area (Å²) in [6.45, 7) is 7.58. The Morgan fingerprint density at radius 2 is 1.57 bits per heavy atom. The van der Waals surface area contributed by atoms with Gasteiger partial charge in [-0.25, -0.2) is 18.4 Å². The molecule has 1 aromatic heterocycles. The molecule has 3 aromatic carbocycles. The summed E-state index contributed by atoms with van der Waals surface area (Å²) in [5.41, 5.74) is 2.29. The Bertz CT molecular complexity index is 1650. The first-order valence-electron chi connectivity index (χ1n) is 15.0. The molecule has 0 saturated carbocycles. The number of aliphatic carboxylic acids is 1. The molecule has 4 rings (SSSR count). The fourth-order valence-corrected chi connectivity index (χ4v) is 5.51. The van der Waals surface area contributed by atoms with Crippen molar-refractivity contribution in [3.05, 3.63) is 120 Å². The number of carbonyl (C=O) groups excluding carboxylic acids is 2. The highest BCUT2D eigenvalue weighted by Crippen LogP contribution is 2.41. The Balaban J connectivity index is 1.65. The summed E-state index contributed by atoms with van der Waals surface area (Å²) in [5, 5.41) is 12.3. The summed E-state index contributed by atoms with van der Waals surface area (Å²) in [6, 6.07) is 21.6. The predicted octanol–water partition coefficient (Wildman–Crippen LogP) is 7.19. The average Bonchev–Trinajstić information content (AvgIpc) is 3.41. The lowest BCUT2D eigenvalue weighted by Gasteiger charge is -2.41. The maximum Gasteiger partial charge on any atom is 0.408 e. The number of rotatable bonds is 12. The number of alkyl carbamates (subject to hydrolysis) is 1. The number of ether oxygens (including phenoxy) is 1. The average molecular weight is 632 g/mol. The number of carboxylic acids is 1. The van der Waals surface area contributed by atoms with Crippen molar-refractivity contribution in [2.24, 2.45) is 5.41 Å². The van der Waals surface area contributed by atoms with Gasteiger partial charge in [-0.3, -0.25) is 4.79 Å². The van der Waals surface area contributed by atoms with Gasteiger partial charge in [-0.1, -0.05) is 81.4 Å². The van der Waals surface area contributed by atoms with Gasteiger partial charge in [0.1, 0.15) is 24.3 Å². The summed E-state index contributed by atoms with van der Waals surface area (Å²) in [4.78, 5) is 39.5. The van der Waals surface area contributed by atoms with Gasteiger partial charge in [-0.05, 0) is 47.2 Å². The lowest BCUT2D eigenvalue weighted by atomic mass is 9.82. The second kappa shape index (κ2) is 14.9. The number of nitrogens with one attached hydrogen (secondary N) is 1. The van der Waals surface area contributed by atoms with Gasteiger partial charge in [-0.15, -0.1) is 0 Å². The van der Waals surface area contributed by atoms with E-state index in [0.29, 0.717) is 17.8 Å². The third kappa shape index (κ3) is 8.80. The van der Waals surface area contributed by atoms with Gasteiger partial charge in [0.15, 0.2) is 0 Å². The summed E-state index contributed by atoms with van der Waals surface area (Å²) >= 11 is 0. The van der Waals surface area contributed by atoms with Crippen LogP contribution in [-0.4, -0.2) is 45.1 Å². The minimum absolute atomic E-state index is 0.0205. The molecule has 2 N–H and O–H groups in total. The van der Waals surface area contributed by atoms with Crippen LogP contribution in [0, 0.1) is 17.0 Å². The molecule has 0 radical (unpaired) electrons. The molecule has 1 heterocycles. The van der Waals surface area contributed by atoms with E-state index in [9.17, 15) is 28.3 Å². The molecular weight excluding hydrogens is 592 g/mol. The Morgan fingerprint density at radius 1 is 0.935 bits per heavy atom. The molecule has 0 bridgehead atoms. The van der Waals surface area contributed by atoms with Gasteiger partial charge in [-0.2, -0.15) is 0 Å². The van der Waals surface area contributed by atoms with Crippen molar-refractivity contribution in [1.82, 2.24) is 14.8 Å². The minimum atomic E-state index is -1.33. The van der Waals surface area contributed by atoms with E-state index in [0.717, 1.165) is 29.3 Å². The highest BCUT2D eigenvalue weighted by atomic mass is 19.1. The quantitative estimate of drug-likeness (QED) is 0.172. The smallest absolute Gasteiger partial charge is 0.408 e. The molecule has 8 nitrogen and oxygen atoms in total. The third-order valence-electron chi connectivity index (χ3n) is 7.64. The van der Waals surface area contributed by atoms with Crippen LogP contribution in [0.5, 0.6) is 0 Å². The molecule has 0 unspecified atom stereocenters. The Labute approximate surface area is 267 Å². The maximum atomic E-state index is 14.9. The fourth-order valence-electron chi connectivity index (χ4n) is 5.51. The molecular formula is C36H39F2N3O5. The van der Waals surface area contributed by atoms with Crippen molar-refractivity contribution < 1.29 is 33.0 Å². The molecule has 2 amide bonds. The molecule has 242 valence electrons. The van der Waals surface area contributed by atoms with Gasteiger partial charge >= 0.3 is 12.1 Å². The van der Waals surface area contributed by atoms with Crippen LogP contribution in [0.1, 0.15) is 57.0 Å². The summed E-state index contributed by atoms with van der Waals surface area (Å²) in [7, 11) is 0. The number of benzene rings is 3. The monoisotopic (exact) mass is 631 g/mol. The number of halogens is 2. The van der Waals surface area contributed by atoms with E-state index in [-0.39, 0.29) is 31.0 Å². The third-order valence-corrected chi connectivity index (χ3v) is 7.64. The van der Waals surface area contributed by atoms with Crippen molar-refractivity contribution >= 4 is 18.0 Å². The molecule has 0 fully saturated rings. The second-order valence-corrected chi connectivity index (χ2v) is 12.3. The number of aromatic nitrogens is 1. The first-order chi connectivity index (χ1) is 21.8. The van der Waals surface area contributed by atoms with Crippen LogP contribution < -0.4 is 5.32 Å². The Morgan fingerprint density at radius 3 is 2.15 bits per heavy atom. The van der Waals surface area contributed by atoms with Crippen molar-refractivity contribution in [1.29, 1.82) is 0 Å². The number of nitrogens with zero attached hydrogens (tertiary/aromatic N) is 2. The molecule has 46 heavy (non-hydrogen) atoms. The van der Waals surface area contributed by atoms with Crippen LogP contribution >= 0.6 is 0 Å². The summed E-state index contributed by atoms with van der Waals surface area (Å²) in [5.74, 6) is -2.76. The molecule has 0 aliphatic rings. The first kappa shape index (κ1) is 33.9. The van der Waals surface area contributed by atoms with Gasteiger partial charge in [0.2, 0.25) is 5.91 Å². The molecule has 10 heteroatoms. The van der Waals surface area contributed by atoms with Crippen LogP contribution in [0.15, 0.2) is 91.1 Å². The number of hydrogen-bond acceptors (Lipinski definition) is 4. The lowest BCUT2D eigenvalue weighted by molar-refractivity contribution is -0.141. The largest absolute Gasteiger partial charge is 0.480 e. The summed E-state index contributed by atoms with van der Waals surface area (Å²) in [6.07, 6.45) is 0.741. The molecule has 0 spiro atoms. The molecule has 4 aromatic rings. The first-order valence-corrected chi connectivity index (χ1v) is 15.0. The van der Waals surface area contributed by atoms with Gasteiger partial charge in [0.05, 0.1) is 6.04 Å². The standard InChI is InChI=1S/C36H39F2N3O5/c1-24(42)41(18-17-31(34(43)44)39-35(45)46-23-26-13-9-6-10-14-26)33(36(2,3)4)32-19-27(29-20-28(37)15-16-30(29)38)22-40(32)21-25-11-7-5-8-12-25/h5-16,19-20,22,31,33H,17-18,21,23H2,1-4H3,(H,39,45)(H,43,44)/t31-,33-/m0/s1. The van der Waals surface area contributed by atoms with Crippen LogP contribution in [0.2, 0.25) is 0 Å². The predicted molar refractivity (Wildman–Crippen MR) is 171 cm³/mol. The zero-order valence-corrected chi connectivity index (χ0v) is 26.4. The van der Waals surface area contributed by atoms with E-state index in [1.165, 1.54) is 6.92 Å². The maximum absolute atomic E-state index is 14.9. The Hall–Kier alpha value is -4.99. The van der Waals surface area contributed by atoms with Crippen molar-refractivity contribution in [3.63, 3.8) is 0 Å². The van der Waals surface area contributed by atoms with Crippen LogP contribution in [0.4, 0.5) is 13.6 Å². The number of carbonyl (C=O) groups is 3. The van der Waals surface area contributed by atoms with E-state index in [2.05, 4.69) is 5.32 Å². The zero-order chi connectivity index (χ0) is 33.4. The van der Waals surface area contributed by atoms with Crippen LogP contribution in [0.25, 0.3) is 11.1 Å². The lowest BCUT2D eigenvalue weighted by Crippen LogP contribution is -2.46. The fraction of sp³-hybridized carbons (Fsp3) is 0.306. The van der Waals surface area contributed by atoms with E-state index in [1.54, 1.807) is 41.4 Å². The van der Waals surface area contributed by atoms with E-state index < -0.39 is 41.2 Å².